The molecule has 1 aromatic carbocycles. The van der Waals surface area contributed by atoms with Gasteiger partial charge < -0.3 is 0 Å². The Bertz CT molecular complexity index is 1300. The minimum atomic E-state index is -2.98. The second-order valence-electron chi connectivity index (χ2n) is 7.09. The number of benzene rings is 1. The summed E-state index contributed by atoms with van der Waals surface area (Å²) in [6.07, 6.45) is 2.25. The van der Waals surface area contributed by atoms with E-state index in [0.29, 0.717) is 41.1 Å². The zero-order chi connectivity index (χ0) is 20.1. The summed E-state index contributed by atoms with van der Waals surface area (Å²) in [7, 11) is -1.11. The van der Waals surface area contributed by atoms with Crippen molar-refractivity contribution in [2.24, 2.45) is 0 Å². The lowest BCUT2D eigenvalue weighted by Crippen LogP contribution is -2.34. The molecular weight excluding hydrogens is 398 g/mol. The molecular formula is C18H21N5O3S2. The highest BCUT2D eigenvalue weighted by Gasteiger charge is 2.31. The number of fused-ring (bicyclic) bond motifs is 3. The fourth-order valence-electron chi connectivity index (χ4n) is 3.70. The van der Waals surface area contributed by atoms with Crippen LogP contribution in [0.5, 0.6) is 0 Å². The fraction of sp³-hybridized carbons (Fsp3) is 0.389. The summed E-state index contributed by atoms with van der Waals surface area (Å²) in [5, 5.41) is 5.15. The van der Waals surface area contributed by atoms with Crippen molar-refractivity contribution < 1.29 is 8.42 Å². The van der Waals surface area contributed by atoms with E-state index in [1.807, 2.05) is 30.1 Å². The van der Waals surface area contributed by atoms with Crippen LogP contribution in [-0.2, 0) is 23.1 Å². The standard InChI is InChI=1S/C18H21N5O3S2/c1-3-9-21-16(24)14-6-4-5-7-15(14)23-17(21)19-22(18(23)27)12-20(2)13-8-10-28(25,26)11-13/h3-7,13H,1,8-12H2,2H3. The third-order valence-electron chi connectivity index (χ3n) is 5.18. The summed E-state index contributed by atoms with van der Waals surface area (Å²) in [6, 6.07) is 7.22. The van der Waals surface area contributed by atoms with E-state index in [1.54, 1.807) is 25.8 Å². The molecule has 3 heterocycles. The minimum absolute atomic E-state index is 0.0659. The first kappa shape index (κ1) is 19.0. The van der Waals surface area contributed by atoms with Crippen LogP contribution < -0.4 is 5.56 Å². The van der Waals surface area contributed by atoms with Gasteiger partial charge in [-0.25, -0.2) is 13.1 Å². The average molecular weight is 420 g/mol. The van der Waals surface area contributed by atoms with Crippen LogP contribution in [0.3, 0.4) is 0 Å². The van der Waals surface area contributed by atoms with Crippen molar-refractivity contribution in [3.63, 3.8) is 0 Å². The molecule has 10 heteroatoms. The highest BCUT2D eigenvalue weighted by molar-refractivity contribution is 7.91. The van der Waals surface area contributed by atoms with Gasteiger partial charge in [-0.15, -0.1) is 11.7 Å². The Kier molecular flexibility index (Phi) is 4.72. The molecule has 1 saturated heterocycles. The van der Waals surface area contributed by atoms with E-state index >= 15 is 0 Å². The molecule has 1 atom stereocenters. The van der Waals surface area contributed by atoms with Gasteiger partial charge in [0.2, 0.25) is 10.5 Å². The summed E-state index contributed by atoms with van der Waals surface area (Å²) in [6.45, 7) is 4.39. The lowest BCUT2D eigenvalue weighted by atomic mass is 10.2. The number of aromatic nitrogens is 4. The lowest BCUT2D eigenvalue weighted by Gasteiger charge is -2.22. The zero-order valence-corrected chi connectivity index (χ0v) is 17.1. The van der Waals surface area contributed by atoms with Gasteiger partial charge >= 0.3 is 0 Å². The van der Waals surface area contributed by atoms with Crippen LogP contribution in [0.25, 0.3) is 16.7 Å². The molecule has 148 valence electrons. The summed E-state index contributed by atoms with van der Waals surface area (Å²) in [5.74, 6) is 0.803. The Hall–Kier alpha value is -2.30. The van der Waals surface area contributed by atoms with E-state index in [1.165, 1.54) is 0 Å². The number of rotatable bonds is 5. The molecule has 2 aromatic heterocycles. The normalized spacial score (nSPS) is 19.0. The maximum atomic E-state index is 12.9. The van der Waals surface area contributed by atoms with Gasteiger partial charge in [-0.05, 0) is 37.8 Å². The number of hydrogen-bond acceptors (Lipinski definition) is 6. The molecule has 3 aromatic rings. The van der Waals surface area contributed by atoms with E-state index in [9.17, 15) is 13.2 Å². The highest BCUT2D eigenvalue weighted by Crippen LogP contribution is 2.18. The molecule has 0 saturated carbocycles. The van der Waals surface area contributed by atoms with Crippen molar-refractivity contribution in [3.8, 4) is 0 Å². The van der Waals surface area contributed by atoms with Crippen molar-refractivity contribution >= 4 is 38.7 Å². The maximum absolute atomic E-state index is 12.9. The van der Waals surface area contributed by atoms with Gasteiger partial charge in [0.05, 0.1) is 29.1 Å². The Morgan fingerprint density at radius 1 is 1.39 bits per heavy atom. The van der Waals surface area contributed by atoms with Crippen molar-refractivity contribution in [1.29, 1.82) is 0 Å². The van der Waals surface area contributed by atoms with Gasteiger partial charge in [0.25, 0.3) is 5.56 Å². The zero-order valence-electron chi connectivity index (χ0n) is 15.5. The van der Waals surface area contributed by atoms with Crippen LogP contribution in [0.15, 0.2) is 41.7 Å². The Morgan fingerprint density at radius 2 is 2.14 bits per heavy atom. The first-order valence-electron chi connectivity index (χ1n) is 8.95. The SMILES string of the molecule is C=CCn1c(=O)c2ccccc2n2c(=S)n(CN(C)C3CCS(=O)(=O)C3)nc12. The number of sulfone groups is 1. The van der Waals surface area contributed by atoms with Crippen molar-refractivity contribution in [1.82, 2.24) is 23.6 Å². The average Bonchev–Trinajstić information content (AvgIpc) is 3.18. The topological polar surface area (TPSA) is 81.6 Å². The first-order valence-corrected chi connectivity index (χ1v) is 11.2. The Balaban J connectivity index is 1.85. The lowest BCUT2D eigenvalue weighted by molar-refractivity contribution is 0.197. The monoisotopic (exact) mass is 419 g/mol. The van der Waals surface area contributed by atoms with E-state index in [-0.39, 0.29) is 23.1 Å². The van der Waals surface area contributed by atoms with Gasteiger partial charge in [-0.3, -0.25) is 18.7 Å². The summed E-state index contributed by atoms with van der Waals surface area (Å²) >= 11 is 5.66. The molecule has 1 aliphatic rings. The first-order chi connectivity index (χ1) is 13.3. The van der Waals surface area contributed by atoms with Crippen LogP contribution in [0, 0.1) is 4.77 Å². The van der Waals surface area contributed by atoms with Crippen LogP contribution in [0.4, 0.5) is 0 Å². The van der Waals surface area contributed by atoms with Crippen LogP contribution in [0.1, 0.15) is 6.42 Å². The summed E-state index contributed by atoms with van der Waals surface area (Å²) in [5.41, 5.74) is 0.551. The van der Waals surface area contributed by atoms with Gasteiger partial charge in [0.15, 0.2) is 9.84 Å². The third kappa shape index (κ3) is 3.11. The molecule has 0 bridgehead atoms. The molecule has 8 nitrogen and oxygen atoms in total. The van der Waals surface area contributed by atoms with Crippen molar-refractivity contribution in [2.75, 3.05) is 18.6 Å². The number of para-hydroxylation sites is 1. The molecule has 4 rings (SSSR count). The molecule has 0 radical (unpaired) electrons. The predicted octanol–water partition coefficient (Wildman–Crippen LogP) is 1.44. The van der Waals surface area contributed by atoms with Gasteiger partial charge in [-0.1, -0.05) is 18.2 Å². The van der Waals surface area contributed by atoms with Gasteiger partial charge in [0, 0.05) is 12.6 Å². The quantitative estimate of drug-likeness (QED) is 0.460. The third-order valence-corrected chi connectivity index (χ3v) is 7.33. The van der Waals surface area contributed by atoms with Crippen LogP contribution in [-0.4, -0.2) is 56.7 Å². The summed E-state index contributed by atoms with van der Waals surface area (Å²) in [4.78, 5) is 14.8. The van der Waals surface area contributed by atoms with Crippen LogP contribution in [0.2, 0.25) is 0 Å². The second kappa shape index (κ2) is 6.94. The minimum Gasteiger partial charge on any atom is -0.283 e. The molecule has 0 spiro atoms. The molecule has 0 amide bonds. The number of allylic oxidation sites excluding steroid dienone is 1. The molecule has 1 fully saturated rings. The molecule has 1 aliphatic heterocycles. The molecule has 1 unspecified atom stereocenters. The highest BCUT2D eigenvalue weighted by atomic mass is 32.2. The maximum Gasteiger partial charge on any atom is 0.263 e. The number of hydrogen-bond donors (Lipinski definition) is 0. The Labute approximate surface area is 167 Å². The van der Waals surface area contributed by atoms with E-state index < -0.39 is 9.84 Å². The van der Waals surface area contributed by atoms with E-state index in [0.717, 1.165) is 0 Å². The number of nitrogens with zero attached hydrogens (tertiary/aromatic N) is 5. The smallest absolute Gasteiger partial charge is 0.263 e. The molecule has 0 aliphatic carbocycles. The fourth-order valence-corrected chi connectivity index (χ4v) is 5.79. The van der Waals surface area contributed by atoms with Crippen molar-refractivity contribution in [2.45, 2.75) is 25.7 Å². The molecule has 0 N–H and O–H groups in total. The van der Waals surface area contributed by atoms with Crippen molar-refractivity contribution in [3.05, 3.63) is 52.0 Å². The van der Waals surface area contributed by atoms with Gasteiger partial charge in [-0.2, -0.15) is 0 Å². The predicted molar refractivity (Wildman–Crippen MR) is 111 cm³/mol. The summed E-state index contributed by atoms with van der Waals surface area (Å²) < 4.78 is 29.0. The Morgan fingerprint density at radius 3 is 2.82 bits per heavy atom. The second-order valence-corrected chi connectivity index (χ2v) is 9.69. The van der Waals surface area contributed by atoms with E-state index in [2.05, 4.69) is 11.7 Å². The van der Waals surface area contributed by atoms with E-state index in [4.69, 9.17) is 12.2 Å². The van der Waals surface area contributed by atoms with Crippen LogP contribution >= 0.6 is 12.2 Å². The largest absolute Gasteiger partial charge is 0.283 e. The molecule has 28 heavy (non-hydrogen) atoms. The van der Waals surface area contributed by atoms with Gasteiger partial charge in [0.1, 0.15) is 0 Å².